The Morgan fingerprint density at radius 2 is 1.92 bits per heavy atom. The number of hydrogen-bond donors (Lipinski definition) is 1. The molecule has 198 valence electrons. The molecule has 2 saturated heterocycles. The summed E-state index contributed by atoms with van der Waals surface area (Å²) < 4.78 is 21.3. The third kappa shape index (κ3) is 5.93. The number of rotatable bonds is 4. The number of nitrogens with zero attached hydrogens (tertiary/aromatic N) is 7. The summed E-state index contributed by atoms with van der Waals surface area (Å²) in [6.07, 6.45) is 4.55. The Hall–Kier alpha value is -3.47. The molecule has 1 unspecified atom stereocenters. The predicted octanol–water partition coefficient (Wildman–Crippen LogP) is 3.49. The molecular weight excluding hydrogens is 475 g/mol. The number of nitrogens with one attached hydrogen (secondary N) is 1. The molecule has 0 bridgehead atoms. The molecule has 3 aromatic rings. The molecule has 0 spiro atoms. The number of anilines is 2. The van der Waals surface area contributed by atoms with E-state index >= 15 is 0 Å². The van der Waals surface area contributed by atoms with Crippen LogP contribution in [-0.2, 0) is 4.74 Å². The largest absolute Gasteiger partial charge is 0.444 e. The van der Waals surface area contributed by atoms with Crippen molar-refractivity contribution in [1.82, 2.24) is 29.2 Å². The van der Waals surface area contributed by atoms with Crippen LogP contribution in [0, 0.1) is 5.82 Å². The van der Waals surface area contributed by atoms with E-state index in [4.69, 9.17) is 14.7 Å². The number of aromatic nitrogens is 4. The van der Waals surface area contributed by atoms with Crippen LogP contribution in [0.25, 0.3) is 17.2 Å². The third-order valence-electron chi connectivity index (χ3n) is 6.66. The van der Waals surface area contributed by atoms with Crippen molar-refractivity contribution in [2.24, 2.45) is 0 Å². The molecule has 3 aromatic heterocycles. The second-order valence-corrected chi connectivity index (χ2v) is 10.9. The van der Waals surface area contributed by atoms with Crippen molar-refractivity contribution in [1.29, 1.82) is 0 Å². The van der Waals surface area contributed by atoms with Gasteiger partial charge in [-0.3, -0.25) is 4.40 Å². The van der Waals surface area contributed by atoms with Crippen LogP contribution in [-0.4, -0.2) is 93.2 Å². The molecular formula is C26H35FN8O2. The second-order valence-electron chi connectivity index (χ2n) is 10.9. The van der Waals surface area contributed by atoms with Gasteiger partial charge < -0.3 is 24.8 Å². The first kappa shape index (κ1) is 25.2. The van der Waals surface area contributed by atoms with Gasteiger partial charge in [0.05, 0.1) is 6.20 Å². The molecule has 2 aliphatic heterocycles. The fraction of sp³-hybridized carbons (Fsp3) is 0.538. The highest BCUT2D eigenvalue weighted by Gasteiger charge is 2.28. The fourth-order valence-electron chi connectivity index (χ4n) is 4.74. The lowest BCUT2D eigenvalue weighted by Gasteiger charge is -2.35. The number of halogens is 1. The number of ether oxygens (including phenoxy) is 1. The van der Waals surface area contributed by atoms with Gasteiger partial charge in [0.1, 0.15) is 34.4 Å². The molecule has 1 atom stereocenters. The van der Waals surface area contributed by atoms with Crippen LogP contribution in [0.15, 0.2) is 30.6 Å². The first-order valence-electron chi connectivity index (χ1n) is 12.8. The Morgan fingerprint density at radius 3 is 2.68 bits per heavy atom. The molecule has 0 aliphatic carbocycles. The summed E-state index contributed by atoms with van der Waals surface area (Å²) in [5, 5.41) is 3.54. The summed E-state index contributed by atoms with van der Waals surface area (Å²) in [4.78, 5) is 33.0. The van der Waals surface area contributed by atoms with Crippen LogP contribution >= 0.6 is 0 Å². The van der Waals surface area contributed by atoms with Gasteiger partial charge in [0.15, 0.2) is 5.82 Å². The first-order valence-corrected chi connectivity index (χ1v) is 12.8. The molecule has 37 heavy (non-hydrogen) atoms. The lowest BCUT2D eigenvalue weighted by Crippen LogP contribution is -2.47. The molecule has 0 radical (unpaired) electrons. The Labute approximate surface area is 216 Å². The number of piperidine rings is 1. The molecule has 10 nitrogen and oxygen atoms in total. The minimum absolute atomic E-state index is 0.0176. The third-order valence-corrected chi connectivity index (χ3v) is 6.66. The number of pyridine rings is 1. The number of hydrogen-bond acceptors (Lipinski definition) is 8. The van der Waals surface area contributed by atoms with E-state index in [2.05, 4.69) is 27.1 Å². The quantitative estimate of drug-likeness (QED) is 0.571. The maximum absolute atomic E-state index is 14.1. The normalized spacial score (nSPS) is 19.3. The van der Waals surface area contributed by atoms with Gasteiger partial charge in [0.25, 0.3) is 0 Å². The van der Waals surface area contributed by atoms with Gasteiger partial charge in [0.2, 0.25) is 0 Å². The zero-order valence-corrected chi connectivity index (χ0v) is 21.9. The van der Waals surface area contributed by atoms with E-state index in [1.807, 2.05) is 26.8 Å². The van der Waals surface area contributed by atoms with Crippen molar-refractivity contribution in [2.45, 2.75) is 45.3 Å². The minimum Gasteiger partial charge on any atom is -0.444 e. The van der Waals surface area contributed by atoms with Crippen LogP contribution < -0.4 is 10.2 Å². The van der Waals surface area contributed by atoms with Gasteiger partial charge in [-0.05, 0) is 52.8 Å². The van der Waals surface area contributed by atoms with E-state index in [0.717, 1.165) is 44.8 Å². The number of likely N-dealkylation sites (N-methyl/N-ethyl adjacent to an activating group) is 1. The number of imidazole rings is 1. The second kappa shape index (κ2) is 10.1. The number of carbonyl (C=O) groups is 1. The fourth-order valence-corrected chi connectivity index (χ4v) is 4.74. The summed E-state index contributed by atoms with van der Waals surface area (Å²) in [6.45, 7) is 10.4. The molecule has 1 amide bonds. The van der Waals surface area contributed by atoms with Crippen molar-refractivity contribution in [2.75, 3.05) is 56.5 Å². The lowest BCUT2D eigenvalue weighted by molar-refractivity contribution is 0.0206. The Morgan fingerprint density at radius 1 is 1.14 bits per heavy atom. The highest BCUT2D eigenvalue weighted by Crippen LogP contribution is 2.26. The first-order chi connectivity index (χ1) is 17.6. The number of carbonyl (C=O) groups excluding carboxylic acids is 1. The van der Waals surface area contributed by atoms with E-state index in [0.29, 0.717) is 36.1 Å². The van der Waals surface area contributed by atoms with Crippen molar-refractivity contribution < 1.29 is 13.9 Å². The predicted molar refractivity (Wildman–Crippen MR) is 140 cm³/mol. The standard InChI is InChI=1S/C26H35FN8O2/c1-26(2,3)37-25(36)34-9-5-6-19(17-34)29-21-14-23(33-12-10-32(4)11-13-33)31-24(30-21)20-15-28-22-8-7-18(27)16-35(20)22/h7-8,14-16,19H,5-6,9-13,17H2,1-4H3,(H,29,30,31). The molecule has 11 heteroatoms. The molecule has 5 rings (SSSR count). The maximum Gasteiger partial charge on any atom is 0.410 e. The Bertz CT molecular complexity index is 1270. The molecule has 5 heterocycles. The summed E-state index contributed by atoms with van der Waals surface area (Å²) in [7, 11) is 2.11. The molecule has 1 N–H and O–H groups in total. The molecule has 0 saturated carbocycles. The van der Waals surface area contributed by atoms with Crippen LogP contribution in [0.5, 0.6) is 0 Å². The summed E-state index contributed by atoms with van der Waals surface area (Å²) >= 11 is 0. The Balaban J connectivity index is 1.43. The SMILES string of the molecule is CN1CCN(c2cc(NC3CCCN(C(=O)OC(C)(C)C)C3)nc(-c3cnc4ccc(F)cn34)n2)CC1. The Kier molecular flexibility index (Phi) is 6.89. The van der Waals surface area contributed by atoms with E-state index < -0.39 is 5.60 Å². The van der Waals surface area contributed by atoms with Crippen molar-refractivity contribution in [3.63, 3.8) is 0 Å². The summed E-state index contributed by atoms with van der Waals surface area (Å²) in [5.41, 5.74) is 0.705. The van der Waals surface area contributed by atoms with Crippen LogP contribution in [0.1, 0.15) is 33.6 Å². The zero-order valence-electron chi connectivity index (χ0n) is 21.9. The van der Waals surface area contributed by atoms with Crippen LogP contribution in [0.3, 0.4) is 0 Å². The maximum atomic E-state index is 14.1. The summed E-state index contributed by atoms with van der Waals surface area (Å²) in [6, 6.07) is 5.00. The van der Waals surface area contributed by atoms with Gasteiger partial charge in [-0.25, -0.2) is 24.1 Å². The van der Waals surface area contributed by atoms with E-state index in [1.165, 1.54) is 12.3 Å². The van der Waals surface area contributed by atoms with Gasteiger partial charge in [-0.15, -0.1) is 0 Å². The van der Waals surface area contributed by atoms with Gasteiger partial charge in [-0.1, -0.05) is 0 Å². The van der Waals surface area contributed by atoms with Gasteiger partial charge >= 0.3 is 6.09 Å². The van der Waals surface area contributed by atoms with E-state index in [9.17, 15) is 9.18 Å². The number of piperazine rings is 1. The van der Waals surface area contributed by atoms with Crippen molar-refractivity contribution >= 4 is 23.4 Å². The smallest absolute Gasteiger partial charge is 0.410 e. The van der Waals surface area contributed by atoms with E-state index in [-0.39, 0.29) is 18.0 Å². The minimum atomic E-state index is -0.538. The molecule has 2 aliphatic rings. The number of fused-ring (bicyclic) bond motifs is 1. The molecule has 0 aromatic carbocycles. The van der Waals surface area contributed by atoms with E-state index in [1.54, 1.807) is 21.6 Å². The van der Waals surface area contributed by atoms with Gasteiger partial charge in [-0.2, -0.15) is 0 Å². The number of amides is 1. The van der Waals surface area contributed by atoms with Crippen molar-refractivity contribution in [3.05, 3.63) is 36.4 Å². The average molecular weight is 511 g/mol. The highest BCUT2D eigenvalue weighted by atomic mass is 19.1. The van der Waals surface area contributed by atoms with Crippen LogP contribution in [0.4, 0.5) is 20.8 Å². The average Bonchev–Trinajstić information content (AvgIpc) is 3.26. The lowest BCUT2D eigenvalue weighted by atomic mass is 10.1. The topological polar surface area (TPSA) is 91.1 Å². The highest BCUT2D eigenvalue weighted by molar-refractivity contribution is 5.68. The van der Waals surface area contributed by atoms with Crippen LogP contribution in [0.2, 0.25) is 0 Å². The van der Waals surface area contributed by atoms with Gasteiger partial charge in [0, 0.05) is 57.6 Å². The summed E-state index contributed by atoms with van der Waals surface area (Å²) in [5.74, 6) is 1.59. The zero-order chi connectivity index (χ0) is 26.2. The molecule has 2 fully saturated rings. The number of likely N-dealkylation sites (tertiary alicyclic amines) is 1. The van der Waals surface area contributed by atoms with Crippen molar-refractivity contribution in [3.8, 4) is 11.5 Å². The monoisotopic (exact) mass is 510 g/mol.